The van der Waals surface area contributed by atoms with Gasteiger partial charge in [0.25, 0.3) is 10.0 Å². The van der Waals surface area contributed by atoms with Gasteiger partial charge in [0.2, 0.25) is 11.8 Å². The van der Waals surface area contributed by atoms with Gasteiger partial charge in [0.05, 0.1) is 10.6 Å². The van der Waals surface area contributed by atoms with Crippen molar-refractivity contribution in [3.8, 4) is 0 Å². The van der Waals surface area contributed by atoms with E-state index >= 15 is 0 Å². The third-order valence-corrected chi connectivity index (χ3v) is 8.58. The Hall–Kier alpha value is -3.36. The zero-order valence-corrected chi connectivity index (χ0v) is 25.5. The van der Waals surface area contributed by atoms with E-state index in [0.29, 0.717) is 22.7 Å². The van der Waals surface area contributed by atoms with Crippen LogP contribution >= 0.6 is 11.6 Å². The van der Waals surface area contributed by atoms with E-state index in [1.807, 2.05) is 58.9 Å². The summed E-state index contributed by atoms with van der Waals surface area (Å²) in [5, 5.41) is 3.36. The molecular weight excluding hydrogens is 546 g/mol. The lowest BCUT2D eigenvalue weighted by molar-refractivity contribution is -0.140. The largest absolute Gasteiger partial charge is 0.352 e. The maximum atomic E-state index is 14.1. The first-order valence-electron chi connectivity index (χ1n) is 13.3. The number of hydrogen-bond acceptors (Lipinski definition) is 4. The molecule has 3 rings (SSSR count). The number of nitrogens with one attached hydrogen (secondary N) is 1. The summed E-state index contributed by atoms with van der Waals surface area (Å²) >= 11 is 6.18. The number of carbonyl (C=O) groups excluding carboxylic acids is 2. The monoisotopic (exact) mass is 583 g/mol. The average Bonchev–Trinajstić information content (AvgIpc) is 2.87. The SMILES string of the molecule is CC[C@H](C(=O)NC(C)C)N(Cc1cccc(C)c1)C(=O)CN(c1ccc(Cl)cc1C)S(=O)(=O)c1ccc(C)cc1. The van der Waals surface area contributed by atoms with Crippen molar-refractivity contribution in [1.29, 1.82) is 0 Å². The number of benzene rings is 3. The Balaban J connectivity index is 2.10. The van der Waals surface area contributed by atoms with Gasteiger partial charge >= 0.3 is 0 Å². The van der Waals surface area contributed by atoms with Crippen molar-refractivity contribution in [1.82, 2.24) is 10.2 Å². The molecule has 0 spiro atoms. The molecule has 2 amide bonds. The third kappa shape index (κ3) is 7.64. The predicted molar refractivity (Wildman–Crippen MR) is 161 cm³/mol. The Bertz CT molecular complexity index is 1460. The smallest absolute Gasteiger partial charge is 0.264 e. The van der Waals surface area contributed by atoms with Crippen LogP contribution in [0, 0.1) is 20.8 Å². The number of rotatable bonds is 11. The first-order chi connectivity index (χ1) is 18.8. The van der Waals surface area contributed by atoms with Gasteiger partial charge in [0, 0.05) is 17.6 Å². The number of halogens is 1. The van der Waals surface area contributed by atoms with Crippen molar-refractivity contribution in [2.75, 3.05) is 10.8 Å². The lowest BCUT2D eigenvalue weighted by atomic mass is 10.1. The summed E-state index contributed by atoms with van der Waals surface area (Å²) in [6, 6.07) is 18.2. The summed E-state index contributed by atoms with van der Waals surface area (Å²) in [7, 11) is -4.14. The molecule has 9 heteroatoms. The Morgan fingerprint density at radius 1 is 0.925 bits per heavy atom. The minimum absolute atomic E-state index is 0.0649. The normalized spacial score (nSPS) is 12.2. The molecule has 0 fully saturated rings. The molecule has 0 unspecified atom stereocenters. The molecule has 0 radical (unpaired) electrons. The van der Waals surface area contributed by atoms with Crippen LogP contribution in [0.5, 0.6) is 0 Å². The van der Waals surface area contributed by atoms with Gasteiger partial charge in [-0.1, -0.05) is 66.0 Å². The van der Waals surface area contributed by atoms with E-state index in [2.05, 4.69) is 5.32 Å². The molecule has 1 N–H and O–H groups in total. The fourth-order valence-corrected chi connectivity index (χ4v) is 6.26. The molecule has 0 saturated carbocycles. The molecule has 214 valence electrons. The zero-order valence-electron chi connectivity index (χ0n) is 23.9. The molecule has 40 heavy (non-hydrogen) atoms. The third-order valence-electron chi connectivity index (χ3n) is 6.57. The second-order valence-electron chi connectivity index (χ2n) is 10.4. The Morgan fingerprint density at radius 2 is 1.60 bits per heavy atom. The number of anilines is 1. The standard InChI is InChI=1S/C31H38ClN3O4S/c1-7-28(31(37)33-21(2)3)34(19-25-10-8-9-23(5)17-25)30(36)20-35(29-16-13-26(32)18-24(29)6)40(38,39)27-14-11-22(4)12-15-27/h8-18,21,28H,7,19-20H2,1-6H3,(H,33,37)/t28-/m1/s1. The Kier molecular flexibility index (Phi) is 10.4. The fraction of sp³-hybridized carbons (Fsp3) is 0.355. The molecule has 0 bridgehead atoms. The topological polar surface area (TPSA) is 86.8 Å². The maximum absolute atomic E-state index is 14.1. The van der Waals surface area contributed by atoms with Crippen molar-refractivity contribution >= 4 is 39.1 Å². The van der Waals surface area contributed by atoms with Gasteiger partial charge in [0.1, 0.15) is 12.6 Å². The molecular formula is C31H38ClN3O4S. The van der Waals surface area contributed by atoms with Crippen molar-refractivity contribution < 1.29 is 18.0 Å². The molecule has 1 atom stereocenters. The zero-order chi connectivity index (χ0) is 29.6. The van der Waals surface area contributed by atoms with Gasteiger partial charge in [-0.15, -0.1) is 0 Å². The van der Waals surface area contributed by atoms with E-state index in [4.69, 9.17) is 11.6 Å². The maximum Gasteiger partial charge on any atom is 0.264 e. The summed E-state index contributed by atoms with van der Waals surface area (Å²) in [4.78, 5) is 28.9. The lowest BCUT2D eigenvalue weighted by Gasteiger charge is -2.34. The number of nitrogens with zero attached hydrogens (tertiary/aromatic N) is 2. The van der Waals surface area contributed by atoms with E-state index < -0.39 is 28.5 Å². The highest BCUT2D eigenvalue weighted by Crippen LogP contribution is 2.29. The van der Waals surface area contributed by atoms with Crippen LogP contribution in [0.2, 0.25) is 5.02 Å². The van der Waals surface area contributed by atoms with E-state index in [9.17, 15) is 18.0 Å². The number of carbonyl (C=O) groups is 2. The molecule has 3 aromatic carbocycles. The van der Waals surface area contributed by atoms with E-state index in [1.165, 1.54) is 17.0 Å². The summed E-state index contributed by atoms with van der Waals surface area (Å²) in [6.45, 7) is 10.8. The van der Waals surface area contributed by atoms with Crippen LogP contribution in [0.4, 0.5) is 5.69 Å². The second kappa shape index (κ2) is 13.3. The molecule has 0 saturated heterocycles. The summed E-state index contributed by atoms with van der Waals surface area (Å²) in [5.41, 5.74) is 3.72. The van der Waals surface area contributed by atoms with Gasteiger partial charge in [-0.3, -0.25) is 13.9 Å². The van der Waals surface area contributed by atoms with Crippen LogP contribution in [0.25, 0.3) is 0 Å². The van der Waals surface area contributed by atoms with Gasteiger partial charge in [-0.25, -0.2) is 8.42 Å². The van der Waals surface area contributed by atoms with Gasteiger partial charge in [-0.2, -0.15) is 0 Å². The van der Waals surface area contributed by atoms with Gasteiger partial charge in [-0.05, 0) is 82.5 Å². The molecule has 0 aliphatic heterocycles. The van der Waals surface area contributed by atoms with E-state index in [1.54, 1.807) is 37.3 Å². The van der Waals surface area contributed by atoms with Crippen molar-refractivity contribution in [3.05, 3.63) is 94.0 Å². The molecule has 0 aliphatic rings. The van der Waals surface area contributed by atoms with E-state index in [-0.39, 0.29) is 23.4 Å². The van der Waals surface area contributed by atoms with E-state index in [0.717, 1.165) is 21.0 Å². The second-order valence-corrected chi connectivity index (χ2v) is 12.7. The van der Waals surface area contributed by atoms with Gasteiger partial charge in [0.15, 0.2) is 0 Å². The summed E-state index contributed by atoms with van der Waals surface area (Å²) in [6.07, 6.45) is 0.362. The summed E-state index contributed by atoms with van der Waals surface area (Å²) in [5.74, 6) is -0.772. The lowest BCUT2D eigenvalue weighted by Crippen LogP contribution is -2.53. The molecule has 0 aromatic heterocycles. The fourth-order valence-electron chi connectivity index (χ4n) is 4.56. The van der Waals surface area contributed by atoms with Crippen LogP contribution in [-0.2, 0) is 26.2 Å². The first kappa shape index (κ1) is 31.2. The quantitative estimate of drug-likeness (QED) is 0.309. The van der Waals surface area contributed by atoms with Crippen LogP contribution in [0.1, 0.15) is 49.4 Å². The first-order valence-corrected chi connectivity index (χ1v) is 15.2. The average molecular weight is 584 g/mol. The highest BCUT2D eigenvalue weighted by molar-refractivity contribution is 7.92. The number of amides is 2. The molecule has 7 nitrogen and oxygen atoms in total. The minimum Gasteiger partial charge on any atom is -0.352 e. The highest BCUT2D eigenvalue weighted by Gasteiger charge is 2.34. The molecule has 0 aliphatic carbocycles. The minimum atomic E-state index is -4.14. The van der Waals surface area contributed by atoms with Crippen molar-refractivity contribution in [2.24, 2.45) is 0 Å². The Labute approximate surface area is 243 Å². The van der Waals surface area contributed by atoms with Crippen molar-refractivity contribution in [3.63, 3.8) is 0 Å². The number of hydrogen-bond donors (Lipinski definition) is 1. The predicted octanol–water partition coefficient (Wildman–Crippen LogP) is 5.79. The highest BCUT2D eigenvalue weighted by atomic mass is 35.5. The molecule has 3 aromatic rings. The van der Waals surface area contributed by atoms with Crippen LogP contribution in [-0.4, -0.2) is 43.8 Å². The number of sulfonamides is 1. The Morgan fingerprint density at radius 3 is 2.17 bits per heavy atom. The molecule has 0 heterocycles. The van der Waals surface area contributed by atoms with Crippen molar-refractivity contribution in [2.45, 2.75) is 71.5 Å². The summed E-state index contributed by atoms with van der Waals surface area (Å²) < 4.78 is 29.1. The van der Waals surface area contributed by atoms with Gasteiger partial charge < -0.3 is 10.2 Å². The van der Waals surface area contributed by atoms with Crippen LogP contribution in [0.15, 0.2) is 71.6 Å². The van der Waals surface area contributed by atoms with Crippen LogP contribution < -0.4 is 9.62 Å². The number of aryl methyl sites for hydroxylation is 3. The van der Waals surface area contributed by atoms with Crippen LogP contribution in [0.3, 0.4) is 0 Å².